The third-order valence-corrected chi connectivity index (χ3v) is 5.40. The van der Waals surface area contributed by atoms with Gasteiger partial charge in [-0.2, -0.15) is 0 Å². The summed E-state index contributed by atoms with van der Waals surface area (Å²) in [6, 6.07) is 14.6. The zero-order valence-electron chi connectivity index (χ0n) is 13.1. The van der Waals surface area contributed by atoms with E-state index in [-0.39, 0.29) is 10.9 Å². The van der Waals surface area contributed by atoms with Crippen molar-refractivity contribution in [3.05, 3.63) is 76.0 Å². The number of carbonyl (C=O) groups is 1. The second kappa shape index (κ2) is 7.45. The predicted molar refractivity (Wildman–Crippen MR) is 98.5 cm³/mol. The summed E-state index contributed by atoms with van der Waals surface area (Å²) in [7, 11) is 0. The predicted octanol–water partition coefficient (Wildman–Crippen LogP) is 4.76. The summed E-state index contributed by atoms with van der Waals surface area (Å²) in [6.45, 7) is 1.96. The van der Waals surface area contributed by atoms with Gasteiger partial charge in [-0.25, -0.2) is 4.98 Å². The minimum absolute atomic E-state index is 0.0105. The fraction of sp³-hybridized carbons (Fsp3) is 0.0588. The van der Waals surface area contributed by atoms with Crippen LogP contribution in [-0.2, 0) is 0 Å². The maximum Gasteiger partial charge on any atom is 0.344 e. The van der Waals surface area contributed by atoms with Crippen LogP contribution in [0, 0.1) is 17.0 Å². The minimum Gasteiger partial charge on any atom is -0.321 e. The smallest absolute Gasteiger partial charge is 0.321 e. The van der Waals surface area contributed by atoms with Crippen molar-refractivity contribution in [1.29, 1.82) is 0 Å². The van der Waals surface area contributed by atoms with E-state index < -0.39 is 4.92 Å². The SMILES string of the molecule is Cc1ccc(C(=O)Nc2ccccc2Sc2ncc([N+](=O)[O-])s2)cc1. The molecular weight excluding hydrogens is 358 g/mol. The number of amides is 1. The van der Waals surface area contributed by atoms with Gasteiger partial charge in [0.05, 0.1) is 10.6 Å². The number of aromatic nitrogens is 1. The van der Waals surface area contributed by atoms with Crippen molar-refractivity contribution in [1.82, 2.24) is 4.98 Å². The highest BCUT2D eigenvalue weighted by molar-refractivity contribution is 8.01. The number of benzene rings is 2. The molecule has 0 fully saturated rings. The van der Waals surface area contributed by atoms with Crippen LogP contribution in [0.1, 0.15) is 15.9 Å². The number of rotatable bonds is 5. The van der Waals surface area contributed by atoms with Crippen LogP contribution in [0.3, 0.4) is 0 Å². The molecule has 0 saturated heterocycles. The van der Waals surface area contributed by atoms with Crippen LogP contribution in [-0.4, -0.2) is 15.8 Å². The number of aryl methyl sites for hydroxylation is 1. The third kappa shape index (κ3) is 4.23. The fourth-order valence-electron chi connectivity index (χ4n) is 2.03. The first-order chi connectivity index (χ1) is 12.0. The first-order valence-electron chi connectivity index (χ1n) is 7.28. The van der Waals surface area contributed by atoms with E-state index in [0.717, 1.165) is 21.8 Å². The summed E-state index contributed by atoms with van der Waals surface area (Å²) in [5.41, 5.74) is 2.28. The molecule has 0 aliphatic carbocycles. The average molecular weight is 371 g/mol. The third-order valence-electron chi connectivity index (χ3n) is 3.30. The number of hydrogen-bond acceptors (Lipinski definition) is 6. The summed E-state index contributed by atoms with van der Waals surface area (Å²) >= 11 is 2.28. The van der Waals surface area contributed by atoms with Gasteiger partial charge in [-0.3, -0.25) is 14.9 Å². The van der Waals surface area contributed by atoms with Crippen LogP contribution < -0.4 is 5.32 Å². The van der Waals surface area contributed by atoms with Crippen LogP contribution in [0.5, 0.6) is 0 Å². The Morgan fingerprint density at radius 2 is 1.92 bits per heavy atom. The first kappa shape index (κ1) is 17.1. The zero-order chi connectivity index (χ0) is 17.8. The average Bonchev–Trinajstić information content (AvgIpc) is 3.06. The molecule has 8 heteroatoms. The van der Waals surface area contributed by atoms with Crippen molar-refractivity contribution in [2.75, 3.05) is 5.32 Å². The molecule has 0 spiro atoms. The highest BCUT2D eigenvalue weighted by Gasteiger charge is 2.15. The molecule has 0 aliphatic rings. The highest BCUT2D eigenvalue weighted by Crippen LogP contribution is 2.37. The highest BCUT2D eigenvalue weighted by atomic mass is 32.2. The molecule has 126 valence electrons. The van der Waals surface area contributed by atoms with Crippen LogP contribution >= 0.6 is 23.1 Å². The Balaban J connectivity index is 1.79. The number of hydrogen-bond donors (Lipinski definition) is 1. The van der Waals surface area contributed by atoms with Crippen LogP contribution in [0.25, 0.3) is 0 Å². The lowest BCUT2D eigenvalue weighted by atomic mass is 10.1. The number of carbonyl (C=O) groups excluding carboxylic acids is 1. The van der Waals surface area contributed by atoms with E-state index in [2.05, 4.69) is 10.3 Å². The van der Waals surface area contributed by atoms with Crippen molar-refractivity contribution in [3.63, 3.8) is 0 Å². The number of anilines is 1. The molecule has 25 heavy (non-hydrogen) atoms. The van der Waals surface area contributed by atoms with Crippen molar-refractivity contribution in [2.24, 2.45) is 0 Å². The molecule has 1 amide bonds. The minimum atomic E-state index is -0.465. The van der Waals surface area contributed by atoms with Gasteiger partial charge in [0.25, 0.3) is 5.91 Å². The van der Waals surface area contributed by atoms with Crippen molar-refractivity contribution >= 4 is 39.7 Å². The Labute approximate surface area is 152 Å². The summed E-state index contributed by atoms with van der Waals surface area (Å²) in [4.78, 5) is 27.5. The molecule has 6 nitrogen and oxygen atoms in total. The lowest BCUT2D eigenvalue weighted by Gasteiger charge is -2.09. The number of thiazole rings is 1. The number of para-hydroxylation sites is 1. The summed E-state index contributed by atoms with van der Waals surface area (Å²) in [5.74, 6) is -0.210. The van der Waals surface area contributed by atoms with E-state index in [1.54, 1.807) is 18.2 Å². The van der Waals surface area contributed by atoms with Crippen molar-refractivity contribution in [2.45, 2.75) is 16.2 Å². The second-order valence-corrected chi connectivity index (χ2v) is 7.44. The molecule has 1 aromatic heterocycles. The van der Waals surface area contributed by atoms with Gasteiger partial charge in [0.15, 0.2) is 4.34 Å². The molecule has 0 aliphatic heterocycles. The monoisotopic (exact) mass is 371 g/mol. The van der Waals surface area contributed by atoms with E-state index in [9.17, 15) is 14.9 Å². The molecule has 0 radical (unpaired) electrons. The summed E-state index contributed by atoms with van der Waals surface area (Å²) in [6.07, 6.45) is 1.24. The Morgan fingerprint density at radius 3 is 2.60 bits per heavy atom. The second-order valence-electron chi connectivity index (χ2n) is 5.14. The van der Waals surface area contributed by atoms with E-state index in [1.807, 2.05) is 37.3 Å². The Kier molecular flexibility index (Phi) is 5.11. The van der Waals surface area contributed by atoms with E-state index >= 15 is 0 Å². The van der Waals surface area contributed by atoms with Gasteiger partial charge in [-0.15, -0.1) is 0 Å². The fourth-order valence-corrected chi connectivity index (χ4v) is 3.86. The normalized spacial score (nSPS) is 10.4. The topological polar surface area (TPSA) is 85.1 Å². The van der Waals surface area contributed by atoms with E-state index in [0.29, 0.717) is 15.6 Å². The molecule has 0 saturated carbocycles. The van der Waals surface area contributed by atoms with Gasteiger partial charge >= 0.3 is 5.00 Å². The maximum absolute atomic E-state index is 12.4. The number of nitro groups is 1. The zero-order valence-corrected chi connectivity index (χ0v) is 14.8. The Morgan fingerprint density at radius 1 is 1.20 bits per heavy atom. The van der Waals surface area contributed by atoms with Gasteiger partial charge in [0.2, 0.25) is 0 Å². The molecule has 0 atom stereocenters. The van der Waals surface area contributed by atoms with Gasteiger partial charge in [0, 0.05) is 10.5 Å². The van der Waals surface area contributed by atoms with E-state index in [4.69, 9.17) is 0 Å². The standard InChI is InChI=1S/C17H13N3O3S2/c1-11-6-8-12(9-7-11)16(21)19-13-4-2-3-5-14(13)24-17-18-10-15(25-17)20(22)23/h2-10H,1H3,(H,19,21). The van der Waals surface area contributed by atoms with E-state index in [1.165, 1.54) is 18.0 Å². The molecule has 1 heterocycles. The maximum atomic E-state index is 12.4. The van der Waals surface area contributed by atoms with Crippen LogP contribution in [0.4, 0.5) is 10.7 Å². The van der Waals surface area contributed by atoms with Crippen LogP contribution in [0.2, 0.25) is 0 Å². The Bertz CT molecular complexity index is 923. The molecule has 0 unspecified atom stereocenters. The van der Waals surface area contributed by atoms with Gasteiger partial charge in [0.1, 0.15) is 6.20 Å². The lowest BCUT2D eigenvalue weighted by Crippen LogP contribution is -2.12. The van der Waals surface area contributed by atoms with Crippen molar-refractivity contribution < 1.29 is 9.72 Å². The molecule has 2 aromatic carbocycles. The molecule has 1 N–H and O–H groups in total. The largest absolute Gasteiger partial charge is 0.344 e. The number of nitrogens with one attached hydrogen (secondary N) is 1. The quantitative estimate of drug-likeness (QED) is 0.516. The molecule has 0 bridgehead atoms. The summed E-state index contributed by atoms with van der Waals surface area (Å²) in [5, 5.41) is 13.6. The number of nitrogens with zero attached hydrogens (tertiary/aromatic N) is 2. The Hall–Kier alpha value is -2.71. The van der Waals surface area contributed by atoms with Crippen LogP contribution in [0.15, 0.2) is 64.0 Å². The molecular formula is C17H13N3O3S2. The lowest BCUT2D eigenvalue weighted by molar-refractivity contribution is -0.380. The first-order valence-corrected chi connectivity index (χ1v) is 8.91. The molecule has 3 aromatic rings. The summed E-state index contributed by atoms with van der Waals surface area (Å²) < 4.78 is 0.545. The van der Waals surface area contributed by atoms with Gasteiger partial charge in [-0.05, 0) is 42.5 Å². The van der Waals surface area contributed by atoms with Gasteiger partial charge in [-0.1, -0.05) is 41.6 Å². The van der Waals surface area contributed by atoms with Crippen molar-refractivity contribution in [3.8, 4) is 0 Å². The van der Waals surface area contributed by atoms with Gasteiger partial charge < -0.3 is 5.32 Å². The molecule has 3 rings (SSSR count).